The highest BCUT2D eigenvalue weighted by atomic mass is 16.5. The van der Waals surface area contributed by atoms with Gasteiger partial charge in [-0.3, -0.25) is 0 Å². The first kappa shape index (κ1) is 16.9. The molecular formula is C15H33NO. The first-order valence-electron chi connectivity index (χ1n) is 7.41. The predicted octanol–water partition coefficient (Wildman–Crippen LogP) is 3.86. The van der Waals surface area contributed by atoms with E-state index in [1.165, 1.54) is 32.1 Å². The molecule has 0 aliphatic heterocycles. The maximum Gasteiger partial charge on any atom is 0.0466 e. The van der Waals surface area contributed by atoms with Crippen LogP contribution in [-0.2, 0) is 4.74 Å². The van der Waals surface area contributed by atoms with Gasteiger partial charge in [-0.1, -0.05) is 27.7 Å². The zero-order valence-corrected chi connectivity index (χ0v) is 12.4. The number of ether oxygens (including phenoxy) is 1. The van der Waals surface area contributed by atoms with Crippen molar-refractivity contribution in [3.63, 3.8) is 0 Å². The van der Waals surface area contributed by atoms with Crippen LogP contribution in [0.15, 0.2) is 0 Å². The molecule has 0 saturated carbocycles. The van der Waals surface area contributed by atoms with Crippen LogP contribution >= 0.6 is 0 Å². The Bertz CT molecular complexity index is 130. The summed E-state index contributed by atoms with van der Waals surface area (Å²) in [6.07, 6.45) is 6.29. The Hall–Kier alpha value is -0.0800. The molecule has 0 rings (SSSR count). The van der Waals surface area contributed by atoms with Crippen LogP contribution in [0.5, 0.6) is 0 Å². The molecule has 0 bridgehead atoms. The SMILES string of the molecule is CC(C)CCCOCCCCCNCC(C)C. The van der Waals surface area contributed by atoms with Gasteiger partial charge in [0.1, 0.15) is 0 Å². The van der Waals surface area contributed by atoms with E-state index < -0.39 is 0 Å². The van der Waals surface area contributed by atoms with Crippen molar-refractivity contribution < 1.29 is 4.74 Å². The highest BCUT2D eigenvalue weighted by molar-refractivity contribution is 4.52. The first-order chi connectivity index (χ1) is 8.13. The summed E-state index contributed by atoms with van der Waals surface area (Å²) >= 11 is 0. The highest BCUT2D eigenvalue weighted by Crippen LogP contribution is 2.03. The van der Waals surface area contributed by atoms with E-state index in [4.69, 9.17) is 4.74 Å². The van der Waals surface area contributed by atoms with Crippen molar-refractivity contribution in [3.8, 4) is 0 Å². The molecule has 104 valence electrons. The van der Waals surface area contributed by atoms with Crippen LogP contribution in [0.4, 0.5) is 0 Å². The molecule has 0 saturated heterocycles. The van der Waals surface area contributed by atoms with Crippen molar-refractivity contribution in [2.75, 3.05) is 26.3 Å². The summed E-state index contributed by atoms with van der Waals surface area (Å²) in [5.41, 5.74) is 0. The van der Waals surface area contributed by atoms with Crippen molar-refractivity contribution in [3.05, 3.63) is 0 Å². The number of unbranched alkanes of at least 4 members (excludes halogenated alkanes) is 2. The smallest absolute Gasteiger partial charge is 0.0466 e. The number of hydrogen-bond acceptors (Lipinski definition) is 2. The summed E-state index contributed by atoms with van der Waals surface area (Å²) in [5.74, 6) is 1.57. The van der Waals surface area contributed by atoms with Crippen LogP contribution in [-0.4, -0.2) is 26.3 Å². The van der Waals surface area contributed by atoms with E-state index in [9.17, 15) is 0 Å². The second-order valence-corrected chi connectivity index (χ2v) is 5.81. The Morgan fingerprint density at radius 1 is 0.824 bits per heavy atom. The molecule has 0 unspecified atom stereocenters. The van der Waals surface area contributed by atoms with Crippen LogP contribution in [0.3, 0.4) is 0 Å². The Balaban J connectivity index is 2.94. The molecule has 0 aromatic heterocycles. The third kappa shape index (κ3) is 15.9. The van der Waals surface area contributed by atoms with Gasteiger partial charge in [-0.15, -0.1) is 0 Å². The van der Waals surface area contributed by atoms with Gasteiger partial charge in [0.15, 0.2) is 0 Å². The van der Waals surface area contributed by atoms with E-state index in [1.807, 2.05) is 0 Å². The van der Waals surface area contributed by atoms with Gasteiger partial charge < -0.3 is 10.1 Å². The molecule has 17 heavy (non-hydrogen) atoms. The van der Waals surface area contributed by atoms with E-state index in [0.717, 1.165) is 38.1 Å². The maximum absolute atomic E-state index is 5.61. The van der Waals surface area contributed by atoms with Gasteiger partial charge in [-0.25, -0.2) is 0 Å². The predicted molar refractivity (Wildman–Crippen MR) is 76.4 cm³/mol. The van der Waals surface area contributed by atoms with Crippen molar-refractivity contribution in [1.82, 2.24) is 5.32 Å². The Labute approximate surface area is 109 Å². The Morgan fingerprint density at radius 3 is 2.18 bits per heavy atom. The normalized spacial score (nSPS) is 11.6. The van der Waals surface area contributed by atoms with Crippen molar-refractivity contribution >= 4 is 0 Å². The summed E-state index contributed by atoms with van der Waals surface area (Å²) < 4.78 is 5.61. The fourth-order valence-corrected chi connectivity index (χ4v) is 1.72. The fourth-order valence-electron chi connectivity index (χ4n) is 1.72. The zero-order valence-electron chi connectivity index (χ0n) is 12.4. The topological polar surface area (TPSA) is 21.3 Å². The Kier molecular flexibility index (Phi) is 12.3. The average molecular weight is 243 g/mol. The minimum absolute atomic E-state index is 0.763. The summed E-state index contributed by atoms with van der Waals surface area (Å²) in [4.78, 5) is 0. The molecular weight excluding hydrogens is 210 g/mol. The highest BCUT2D eigenvalue weighted by Gasteiger charge is 1.95. The second kappa shape index (κ2) is 12.4. The molecule has 0 aliphatic carbocycles. The van der Waals surface area contributed by atoms with E-state index in [-0.39, 0.29) is 0 Å². The first-order valence-corrected chi connectivity index (χ1v) is 7.41. The summed E-state index contributed by atoms with van der Waals surface area (Å²) in [5, 5.41) is 3.47. The molecule has 0 aromatic carbocycles. The van der Waals surface area contributed by atoms with Gasteiger partial charge in [0, 0.05) is 13.2 Å². The van der Waals surface area contributed by atoms with Gasteiger partial charge in [0.05, 0.1) is 0 Å². The number of hydrogen-bond donors (Lipinski definition) is 1. The van der Waals surface area contributed by atoms with Crippen molar-refractivity contribution in [2.45, 2.75) is 59.8 Å². The number of nitrogens with one attached hydrogen (secondary N) is 1. The lowest BCUT2D eigenvalue weighted by Crippen LogP contribution is -2.20. The van der Waals surface area contributed by atoms with E-state index in [2.05, 4.69) is 33.0 Å². The largest absolute Gasteiger partial charge is 0.381 e. The molecule has 1 N–H and O–H groups in total. The molecule has 2 nitrogen and oxygen atoms in total. The van der Waals surface area contributed by atoms with Crippen LogP contribution in [0.2, 0.25) is 0 Å². The van der Waals surface area contributed by atoms with Crippen LogP contribution in [0.1, 0.15) is 59.8 Å². The lowest BCUT2D eigenvalue weighted by molar-refractivity contribution is 0.124. The quantitative estimate of drug-likeness (QED) is 0.526. The molecule has 0 heterocycles. The molecule has 0 aliphatic rings. The second-order valence-electron chi connectivity index (χ2n) is 5.81. The number of rotatable bonds is 12. The van der Waals surface area contributed by atoms with Gasteiger partial charge in [-0.05, 0) is 57.0 Å². The molecule has 0 fully saturated rings. The molecule has 0 atom stereocenters. The summed E-state index contributed by atoms with van der Waals surface area (Å²) in [6, 6.07) is 0. The van der Waals surface area contributed by atoms with E-state index in [0.29, 0.717) is 0 Å². The van der Waals surface area contributed by atoms with Crippen molar-refractivity contribution in [1.29, 1.82) is 0 Å². The summed E-state index contributed by atoms with van der Waals surface area (Å²) in [6.45, 7) is 13.2. The third-order valence-electron chi connectivity index (χ3n) is 2.76. The third-order valence-corrected chi connectivity index (χ3v) is 2.76. The van der Waals surface area contributed by atoms with E-state index >= 15 is 0 Å². The van der Waals surface area contributed by atoms with Crippen molar-refractivity contribution in [2.24, 2.45) is 11.8 Å². The van der Waals surface area contributed by atoms with Crippen LogP contribution in [0, 0.1) is 11.8 Å². The monoisotopic (exact) mass is 243 g/mol. The maximum atomic E-state index is 5.61. The molecule has 0 spiro atoms. The average Bonchev–Trinajstić information content (AvgIpc) is 2.25. The van der Waals surface area contributed by atoms with Crippen LogP contribution < -0.4 is 5.32 Å². The minimum atomic E-state index is 0.763. The lowest BCUT2D eigenvalue weighted by atomic mass is 10.1. The lowest BCUT2D eigenvalue weighted by Gasteiger charge is -2.08. The van der Waals surface area contributed by atoms with Gasteiger partial charge >= 0.3 is 0 Å². The molecule has 0 amide bonds. The van der Waals surface area contributed by atoms with Crippen LogP contribution in [0.25, 0.3) is 0 Å². The zero-order chi connectivity index (χ0) is 12.9. The van der Waals surface area contributed by atoms with E-state index in [1.54, 1.807) is 0 Å². The summed E-state index contributed by atoms with van der Waals surface area (Å²) in [7, 11) is 0. The molecule has 2 heteroatoms. The van der Waals surface area contributed by atoms with Gasteiger partial charge in [0.25, 0.3) is 0 Å². The fraction of sp³-hybridized carbons (Fsp3) is 1.00. The minimum Gasteiger partial charge on any atom is -0.381 e. The molecule has 0 aromatic rings. The molecule has 0 radical (unpaired) electrons. The van der Waals surface area contributed by atoms with Gasteiger partial charge in [-0.2, -0.15) is 0 Å². The van der Waals surface area contributed by atoms with Gasteiger partial charge in [0.2, 0.25) is 0 Å². The standard InChI is InChI=1S/C15H33NO/c1-14(2)9-8-12-17-11-7-5-6-10-16-13-15(3)4/h14-16H,5-13H2,1-4H3. The Morgan fingerprint density at radius 2 is 1.53 bits per heavy atom.